The van der Waals surface area contributed by atoms with Crippen LogP contribution in [0.25, 0.3) is 10.9 Å². The maximum Gasteiger partial charge on any atom is 0.294 e. The molecule has 0 atom stereocenters. The number of Topliss-reactive ketones (excluding diaryl/α,β-unsaturated/α-hetero) is 1. The molecule has 3 aromatic rings. The molecule has 8 nitrogen and oxygen atoms in total. The third-order valence-corrected chi connectivity index (χ3v) is 7.49. The minimum atomic E-state index is -0.757. The van der Waals surface area contributed by atoms with E-state index in [1.165, 1.54) is 49.0 Å². The van der Waals surface area contributed by atoms with Gasteiger partial charge < -0.3 is 14.5 Å². The van der Waals surface area contributed by atoms with Crippen LogP contribution in [0.3, 0.4) is 0 Å². The number of fused-ring (bicyclic) bond motifs is 1. The van der Waals surface area contributed by atoms with E-state index in [1.807, 2.05) is 20.8 Å². The van der Waals surface area contributed by atoms with Gasteiger partial charge in [-0.25, -0.2) is 4.39 Å². The number of carbonyl (C=O) groups excluding carboxylic acids is 4. The molecule has 41 heavy (non-hydrogen) atoms. The highest BCUT2D eigenvalue weighted by molar-refractivity contribution is 6.45. The lowest BCUT2D eigenvalue weighted by molar-refractivity contribution is -0.124. The first kappa shape index (κ1) is 30.0. The van der Waals surface area contributed by atoms with Gasteiger partial charge in [0.25, 0.3) is 17.6 Å². The van der Waals surface area contributed by atoms with Gasteiger partial charge in [-0.2, -0.15) is 0 Å². The Morgan fingerprint density at radius 1 is 1.00 bits per heavy atom. The van der Waals surface area contributed by atoms with Crippen LogP contribution in [-0.2, 0) is 11.2 Å². The van der Waals surface area contributed by atoms with E-state index in [0.717, 1.165) is 24.8 Å². The zero-order valence-corrected chi connectivity index (χ0v) is 24.6. The summed E-state index contributed by atoms with van der Waals surface area (Å²) in [6, 6.07) is 9.69. The fourth-order valence-electron chi connectivity index (χ4n) is 5.30. The van der Waals surface area contributed by atoms with E-state index in [1.54, 1.807) is 29.2 Å². The molecule has 0 radical (unpaired) electrons. The van der Waals surface area contributed by atoms with E-state index in [9.17, 15) is 23.6 Å². The second-order valence-corrected chi connectivity index (χ2v) is 12.2. The SMILES string of the molecule is COc1cc2c(cc1C(=O)N1CCC(Cc3ccc(F)cc3)CC1)c(C(=O)C(=O)N(C)C)cn2C(=O)CC(C)(C)C. The molecular weight excluding hydrogens is 525 g/mol. The number of amides is 2. The number of nitrogens with zero attached hydrogens (tertiary/aromatic N) is 3. The van der Waals surface area contributed by atoms with Crippen molar-refractivity contribution < 1.29 is 28.3 Å². The zero-order chi connectivity index (χ0) is 30.1. The summed E-state index contributed by atoms with van der Waals surface area (Å²) in [6.45, 7) is 6.92. The largest absolute Gasteiger partial charge is 0.496 e. The fraction of sp³-hybridized carbons (Fsp3) is 0.438. The van der Waals surface area contributed by atoms with E-state index in [0.29, 0.717) is 29.9 Å². The van der Waals surface area contributed by atoms with Crippen LogP contribution in [0, 0.1) is 17.2 Å². The Balaban J connectivity index is 1.66. The normalized spacial score (nSPS) is 14.3. The summed E-state index contributed by atoms with van der Waals surface area (Å²) >= 11 is 0. The minimum absolute atomic E-state index is 0.0654. The maximum absolute atomic E-state index is 13.7. The Labute approximate surface area is 240 Å². The number of likely N-dealkylation sites (N-methyl/N-ethyl adjacent to an activating group) is 1. The lowest BCUT2D eigenvalue weighted by atomic mass is 9.90. The second-order valence-electron chi connectivity index (χ2n) is 12.2. The van der Waals surface area contributed by atoms with Gasteiger partial charge in [0.05, 0.1) is 23.8 Å². The van der Waals surface area contributed by atoms with Crippen LogP contribution in [0.2, 0.25) is 0 Å². The van der Waals surface area contributed by atoms with Crippen LogP contribution < -0.4 is 4.74 Å². The van der Waals surface area contributed by atoms with Crippen LogP contribution in [0.15, 0.2) is 42.6 Å². The van der Waals surface area contributed by atoms with E-state index in [4.69, 9.17) is 4.74 Å². The van der Waals surface area contributed by atoms with E-state index in [-0.39, 0.29) is 46.3 Å². The van der Waals surface area contributed by atoms with Crippen LogP contribution in [0.5, 0.6) is 5.75 Å². The smallest absolute Gasteiger partial charge is 0.294 e. The quantitative estimate of drug-likeness (QED) is 0.290. The maximum atomic E-state index is 13.7. The van der Waals surface area contributed by atoms with Gasteiger partial charge in [-0.05, 0) is 54.4 Å². The number of hydrogen-bond acceptors (Lipinski definition) is 5. The number of halogens is 1. The van der Waals surface area contributed by atoms with E-state index < -0.39 is 11.7 Å². The molecule has 1 fully saturated rings. The summed E-state index contributed by atoms with van der Waals surface area (Å²) < 4.78 is 20.3. The Kier molecular flexibility index (Phi) is 8.66. The summed E-state index contributed by atoms with van der Waals surface area (Å²) in [5.74, 6) is -1.55. The topological polar surface area (TPSA) is 88.9 Å². The lowest BCUT2D eigenvalue weighted by Crippen LogP contribution is -2.39. The predicted octanol–water partition coefficient (Wildman–Crippen LogP) is 5.23. The first-order valence-electron chi connectivity index (χ1n) is 13.8. The minimum Gasteiger partial charge on any atom is -0.496 e. The zero-order valence-electron chi connectivity index (χ0n) is 24.6. The number of carbonyl (C=O) groups is 4. The molecule has 0 spiro atoms. The number of hydrogen-bond donors (Lipinski definition) is 0. The van der Waals surface area contributed by atoms with Gasteiger partial charge in [0.2, 0.25) is 5.91 Å². The molecular formula is C32H38FN3O5. The lowest BCUT2D eigenvalue weighted by Gasteiger charge is -2.32. The van der Waals surface area contributed by atoms with Gasteiger partial charge in [-0.3, -0.25) is 23.7 Å². The number of piperidine rings is 1. The summed E-state index contributed by atoms with van der Waals surface area (Å²) in [5.41, 5.74) is 1.50. The summed E-state index contributed by atoms with van der Waals surface area (Å²) in [6.07, 6.45) is 4.02. The number of methoxy groups -OCH3 is 1. The van der Waals surface area contributed by atoms with Crippen molar-refractivity contribution in [2.45, 2.75) is 46.5 Å². The molecule has 1 aliphatic rings. The van der Waals surface area contributed by atoms with Crippen molar-refractivity contribution in [1.82, 2.24) is 14.4 Å². The predicted molar refractivity (Wildman–Crippen MR) is 155 cm³/mol. The molecule has 0 N–H and O–H groups in total. The van der Waals surface area contributed by atoms with Crippen LogP contribution in [0.4, 0.5) is 4.39 Å². The summed E-state index contributed by atoms with van der Waals surface area (Å²) in [7, 11) is 4.43. The van der Waals surface area contributed by atoms with Crippen LogP contribution >= 0.6 is 0 Å². The molecule has 0 unspecified atom stereocenters. The standard InChI is InChI=1S/C32H38FN3O5/c1-32(2,3)18-28(37)36-19-25(29(38)31(40)34(4)5)23-16-24(27(41-6)17-26(23)36)30(39)35-13-11-21(12-14-35)15-20-7-9-22(33)10-8-20/h7-10,16-17,19,21H,11-15,18H2,1-6H3. The third-order valence-electron chi connectivity index (χ3n) is 7.49. The fourth-order valence-corrected chi connectivity index (χ4v) is 5.30. The van der Waals surface area contributed by atoms with Gasteiger partial charge in [-0.1, -0.05) is 32.9 Å². The van der Waals surface area contributed by atoms with E-state index in [2.05, 4.69) is 0 Å². The summed E-state index contributed by atoms with van der Waals surface area (Å²) in [5, 5.41) is 0.350. The number of likely N-dealkylation sites (tertiary alicyclic amines) is 1. The van der Waals surface area contributed by atoms with E-state index >= 15 is 0 Å². The third kappa shape index (κ3) is 6.66. The Morgan fingerprint density at radius 2 is 1.63 bits per heavy atom. The van der Waals surface area contributed by atoms with Crippen molar-refractivity contribution in [3.63, 3.8) is 0 Å². The van der Waals surface area contributed by atoms with Crippen LogP contribution in [-0.4, -0.2) is 72.2 Å². The van der Waals surface area contributed by atoms with Crippen molar-refractivity contribution in [1.29, 1.82) is 0 Å². The average Bonchev–Trinajstić information content (AvgIpc) is 3.30. The van der Waals surface area contributed by atoms with Crippen LogP contribution in [0.1, 0.15) is 71.1 Å². The second kappa shape index (κ2) is 11.8. The monoisotopic (exact) mass is 563 g/mol. The van der Waals surface area contributed by atoms with Crippen molar-refractivity contribution in [3.05, 3.63) is 65.1 Å². The van der Waals surface area contributed by atoms with Gasteiger partial charge in [0.15, 0.2) is 0 Å². The van der Waals surface area contributed by atoms with Crippen molar-refractivity contribution in [2.75, 3.05) is 34.3 Å². The molecule has 0 bridgehead atoms. The number of benzene rings is 2. The molecule has 2 amide bonds. The first-order valence-corrected chi connectivity index (χ1v) is 13.8. The Hall–Kier alpha value is -4.01. The van der Waals surface area contributed by atoms with Gasteiger partial charge in [-0.15, -0.1) is 0 Å². The molecule has 0 saturated carbocycles. The number of ketones is 1. The highest BCUT2D eigenvalue weighted by Gasteiger charge is 2.30. The molecule has 4 rings (SSSR count). The van der Waals surface area contributed by atoms with Gasteiger partial charge in [0, 0.05) is 51.3 Å². The van der Waals surface area contributed by atoms with Gasteiger partial charge >= 0.3 is 0 Å². The molecule has 2 aromatic carbocycles. The van der Waals surface area contributed by atoms with Gasteiger partial charge in [0.1, 0.15) is 11.6 Å². The molecule has 1 saturated heterocycles. The molecule has 1 aromatic heterocycles. The Morgan fingerprint density at radius 3 is 2.20 bits per heavy atom. The van der Waals surface area contributed by atoms with Crippen molar-refractivity contribution in [3.8, 4) is 5.75 Å². The highest BCUT2D eigenvalue weighted by Crippen LogP contribution is 2.33. The average molecular weight is 564 g/mol. The molecule has 0 aliphatic carbocycles. The molecule has 2 heterocycles. The van der Waals surface area contributed by atoms with Crippen molar-refractivity contribution in [2.24, 2.45) is 11.3 Å². The number of aromatic nitrogens is 1. The molecule has 9 heteroatoms. The first-order chi connectivity index (χ1) is 19.3. The highest BCUT2D eigenvalue weighted by atomic mass is 19.1. The Bertz CT molecular complexity index is 1480. The van der Waals surface area contributed by atoms with Crippen molar-refractivity contribution >= 4 is 34.4 Å². The summed E-state index contributed by atoms with van der Waals surface area (Å²) in [4.78, 5) is 55.8. The molecule has 1 aliphatic heterocycles. The number of ether oxygens (including phenoxy) is 1. The number of rotatable bonds is 7. The molecule has 218 valence electrons.